The van der Waals surface area contributed by atoms with Crippen LogP contribution in [0.5, 0.6) is 11.5 Å². The molecular weight excluding hydrogens is 276 g/mol. The fraction of sp³-hybridized carbons (Fsp3) is 0.600. The lowest BCUT2D eigenvalue weighted by molar-refractivity contribution is 0.172. The first-order chi connectivity index (χ1) is 9.38. The van der Waals surface area contributed by atoms with Crippen LogP contribution >= 0.6 is 11.6 Å². The number of methoxy groups -OCH3 is 1. The third-order valence-electron chi connectivity index (χ3n) is 3.37. The molecule has 0 saturated carbocycles. The second-order valence-corrected chi connectivity index (χ2v) is 5.73. The van der Waals surface area contributed by atoms with E-state index in [0.717, 1.165) is 18.7 Å². The van der Waals surface area contributed by atoms with Crippen LogP contribution in [-0.2, 0) is 6.54 Å². The first kappa shape index (κ1) is 17.1. The van der Waals surface area contributed by atoms with Crippen molar-refractivity contribution in [2.24, 2.45) is 0 Å². The zero-order valence-electron chi connectivity index (χ0n) is 13.0. The molecule has 0 aliphatic carbocycles. The quantitative estimate of drug-likeness (QED) is 0.840. The van der Waals surface area contributed by atoms with Gasteiger partial charge in [-0.2, -0.15) is 0 Å². The Bertz CT molecular complexity index is 438. The second kappa shape index (κ2) is 7.72. The number of hydrogen-bond acceptors (Lipinski definition) is 4. The molecule has 114 valence electrons. The van der Waals surface area contributed by atoms with Gasteiger partial charge in [-0.15, -0.1) is 0 Å². The summed E-state index contributed by atoms with van der Waals surface area (Å²) in [5, 5.41) is 10.8. The molecule has 0 fully saturated rings. The standard InChI is InChI=1S/C15H25ClN2O2/c1-6-18(11(2)9-17(3)4)10-12-7-13(16)8-14(20-5)15(12)19/h7-8,11,19H,6,9-10H2,1-5H3. The number of likely N-dealkylation sites (N-methyl/N-ethyl adjacent to an activating group) is 2. The SMILES string of the molecule is CCN(Cc1cc(Cl)cc(OC)c1O)C(C)CN(C)C. The smallest absolute Gasteiger partial charge is 0.162 e. The highest BCUT2D eigenvalue weighted by atomic mass is 35.5. The van der Waals surface area contributed by atoms with Crippen LogP contribution in [0.25, 0.3) is 0 Å². The highest BCUT2D eigenvalue weighted by molar-refractivity contribution is 6.30. The van der Waals surface area contributed by atoms with Crippen LogP contribution in [0.2, 0.25) is 5.02 Å². The van der Waals surface area contributed by atoms with E-state index in [1.807, 2.05) is 0 Å². The van der Waals surface area contributed by atoms with Gasteiger partial charge in [-0.1, -0.05) is 18.5 Å². The molecule has 0 saturated heterocycles. The number of phenols is 1. The summed E-state index contributed by atoms with van der Waals surface area (Å²) in [6.45, 7) is 6.82. The van der Waals surface area contributed by atoms with Gasteiger partial charge < -0.3 is 14.7 Å². The number of nitrogens with zero attached hydrogens (tertiary/aromatic N) is 2. The van der Waals surface area contributed by atoms with Crippen molar-refractivity contribution in [1.29, 1.82) is 0 Å². The summed E-state index contributed by atoms with van der Waals surface area (Å²) in [6.07, 6.45) is 0. The van der Waals surface area contributed by atoms with Crippen LogP contribution < -0.4 is 4.74 Å². The summed E-state index contributed by atoms with van der Waals surface area (Å²) in [4.78, 5) is 4.45. The van der Waals surface area contributed by atoms with Crippen LogP contribution in [-0.4, -0.2) is 55.2 Å². The molecule has 0 spiro atoms. The Labute approximate surface area is 126 Å². The van der Waals surface area contributed by atoms with Crippen molar-refractivity contribution in [1.82, 2.24) is 9.80 Å². The molecule has 20 heavy (non-hydrogen) atoms. The van der Waals surface area contributed by atoms with E-state index in [2.05, 4.69) is 37.7 Å². The molecule has 0 radical (unpaired) electrons. The van der Waals surface area contributed by atoms with Gasteiger partial charge in [-0.05, 0) is 33.6 Å². The largest absolute Gasteiger partial charge is 0.504 e. The summed E-state index contributed by atoms with van der Waals surface area (Å²) < 4.78 is 5.15. The van der Waals surface area contributed by atoms with E-state index < -0.39 is 0 Å². The number of benzene rings is 1. The minimum Gasteiger partial charge on any atom is -0.504 e. The van der Waals surface area contributed by atoms with Gasteiger partial charge in [0, 0.05) is 35.8 Å². The summed E-state index contributed by atoms with van der Waals surface area (Å²) >= 11 is 6.07. The Kier molecular flexibility index (Phi) is 6.59. The molecule has 0 aliphatic heterocycles. The van der Waals surface area contributed by atoms with Crippen LogP contribution in [0.15, 0.2) is 12.1 Å². The predicted octanol–water partition coefficient (Wildman–Crippen LogP) is 2.83. The number of aromatic hydroxyl groups is 1. The van der Waals surface area contributed by atoms with E-state index in [9.17, 15) is 5.11 Å². The lowest BCUT2D eigenvalue weighted by Gasteiger charge is -2.30. The van der Waals surface area contributed by atoms with Crippen molar-refractivity contribution in [3.05, 3.63) is 22.7 Å². The second-order valence-electron chi connectivity index (χ2n) is 5.29. The van der Waals surface area contributed by atoms with E-state index in [1.54, 1.807) is 12.1 Å². The van der Waals surface area contributed by atoms with Crippen LogP contribution in [0.3, 0.4) is 0 Å². The van der Waals surface area contributed by atoms with E-state index in [-0.39, 0.29) is 5.75 Å². The van der Waals surface area contributed by atoms with Crippen molar-refractivity contribution in [3.8, 4) is 11.5 Å². The molecular formula is C15H25ClN2O2. The third kappa shape index (κ3) is 4.54. The van der Waals surface area contributed by atoms with Crippen LogP contribution in [0.4, 0.5) is 0 Å². The molecule has 4 nitrogen and oxygen atoms in total. The zero-order chi connectivity index (χ0) is 15.3. The summed E-state index contributed by atoms with van der Waals surface area (Å²) in [5.74, 6) is 0.594. The van der Waals surface area contributed by atoms with Gasteiger partial charge in [0.15, 0.2) is 11.5 Å². The Morgan fingerprint density at radius 1 is 1.35 bits per heavy atom. The molecule has 1 aromatic carbocycles. The van der Waals surface area contributed by atoms with Crippen LogP contribution in [0, 0.1) is 0 Å². The normalized spacial score (nSPS) is 13.0. The lowest BCUT2D eigenvalue weighted by atomic mass is 10.1. The molecule has 0 aliphatic rings. The van der Waals surface area contributed by atoms with Crippen molar-refractivity contribution < 1.29 is 9.84 Å². The third-order valence-corrected chi connectivity index (χ3v) is 3.59. The Morgan fingerprint density at radius 2 is 2.00 bits per heavy atom. The fourth-order valence-corrected chi connectivity index (χ4v) is 2.58. The fourth-order valence-electron chi connectivity index (χ4n) is 2.35. The topological polar surface area (TPSA) is 35.9 Å². The molecule has 1 atom stereocenters. The number of rotatable bonds is 7. The van der Waals surface area contributed by atoms with Gasteiger partial charge in [0.25, 0.3) is 0 Å². The molecule has 0 bridgehead atoms. The van der Waals surface area contributed by atoms with E-state index in [1.165, 1.54) is 7.11 Å². The van der Waals surface area contributed by atoms with Gasteiger partial charge >= 0.3 is 0 Å². The van der Waals surface area contributed by atoms with Gasteiger partial charge in [-0.25, -0.2) is 0 Å². The van der Waals surface area contributed by atoms with E-state index in [0.29, 0.717) is 23.4 Å². The minimum atomic E-state index is 0.174. The highest BCUT2D eigenvalue weighted by Crippen LogP contribution is 2.34. The summed E-state index contributed by atoms with van der Waals surface area (Å²) in [5.41, 5.74) is 0.793. The molecule has 0 amide bonds. The van der Waals surface area contributed by atoms with Crippen molar-refractivity contribution >= 4 is 11.6 Å². The maximum atomic E-state index is 10.2. The first-order valence-electron chi connectivity index (χ1n) is 6.83. The summed E-state index contributed by atoms with van der Waals surface area (Å²) in [6, 6.07) is 3.81. The monoisotopic (exact) mass is 300 g/mol. The first-order valence-corrected chi connectivity index (χ1v) is 7.21. The van der Waals surface area contributed by atoms with Crippen molar-refractivity contribution in [2.75, 3.05) is 34.3 Å². The van der Waals surface area contributed by atoms with E-state index in [4.69, 9.17) is 16.3 Å². The number of ether oxygens (including phenoxy) is 1. The molecule has 1 rings (SSSR count). The van der Waals surface area contributed by atoms with Gasteiger partial charge in [0.1, 0.15) is 0 Å². The van der Waals surface area contributed by atoms with Crippen molar-refractivity contribution in [2.45, 2.75) is 26.4 Å². The number of halogens is 1. The Morgan fingerprint density at radius 3 is 2.50 bits per heavy atom. The lowest BCUT2D eigenvalue weighted by Crippen LogP contribution is -2.39. The van der Waals surface area contributed by atoms with E-state index >= 15 is 0 Å². The Balaban J connectivity index is 2.92. The molecule has 1 unspecified atom stereocenters. The zero-order valence-corrected chi connectivity index (χ0v) is 13.7. The maximum Gasteiger partial charge on any atom is 0.162 e. The average molecular weight is 301 g/mol. The summed E-state index contributed by atoms with van der Waals surface area (Å²) in [7, 11) is 5.65. The van der Waals surface area contributed by atoms with Crippen LogP contribution in [0.1, 0.15) is 19.4 Å². The van der Waals surface area contributed by atoms with Crippen molar-refractivity contribution in [3.63, 3.8) is 0 Å². The predicted molar refractivity (Wildman–Crippen MR) is 83.8 cm³/mol. The molecule has 1 aromatic rings. The number of phenolic OH excluding ortho intramolecular Hbond substituents is 1. The Hall–Kier alpha value is -0.970. The molecule has 0 heterocycles. The molecule has 5 heteroatoms. The number of hydrogen-bond donors (Lipinski definition) is 1. The van der Waals surface area contributed by atoms with Gasteiger partial charge in [0.2, 0.25) is 0 Å². The molecule has 0 aromatic heterocycles. The van der Waals surface area contributed by atoms with Gasteiger partial charge in [0.05, 0.1) is 7.11 Å². The minimum absolute atomic E-state index is 0.174. The maximum absolute atomic E-state index is 10.2. The highest BCUT2D eigenvalue weighted by Gasteiger charge is 2.17. The van der Waals surface area contributed by atoms with Gasteiger partial charge in [-0.3, -0.25) is 4.90 Å². The average Bonchev–Trinajstić information content (AvgIpc) is 2.38. The molecule has 1 N–H and O–H groups in total.